The molecular weight excluding hydrogens is 238 g/mol. The zero-order valence-electron chi connectivity index (χ0n) is 11.8. The molecule has 1 aromatic carbocycles. The number of carbonyl (C=O) groups excluding carboxylic acids is 1. The van der Waals surface area contributed by atoms with Crippen molar-refractivity contribution in [2.45, 2.75) is 39.2 Å². The Hall–Kier alpha value is -1.90. The number of carbonyl (C=O) groups is 1. The van der Waals surface area contributed by atoms with Gasteiger partial charge in [-0.3, -0.25) is 9.78 Å². The second-order valence-electron chi connectivity index (χ2n) is 5.68. The lowest BCUT2D eigenvalue weighted by Crippen LogP contribution is -2.27. The SMILES string of the molecule is CC(C(=O)OC(C)(C)C)c1ccc2ccccc2n1. The summed E-state index contributed by atoms with van der Waals surface area (Å²) in [6, 6.07) is 11.7. The Labute approximate surface area is 113 Å². The van der Waals surface area contributed by atoms with Gasteiger partial charge >= 0.3 is 5.97 Å². The van der Waals surface area contributed by atoms with E-state index in [1.165, 1.54) is 0 Å². The molecule has 3 heteroatoms. The van der Waals surface area contributed by atoms with Crippen LogP contribution in [0.5, 0.6) is 0 Å². The highest BCUT2D eigenvalue weighted by Gasteiger charge is 2.23. The Bertz CT molecular complexity index is 599. The molecule has 1 atom stereocenters. The summed E-state index contributed by atoms with van der Waals surface area (Å²) in [5, 5.41) is 1.07. The monoisotopic (exact) mass is 257 g/mol. The molecule has 0 saturated carbocycles. The van der Waals surface area contributed by atoms with E-state index in [1.807, 2.05) is 64.1 Å². The topological polar surface area (TPSA) is 39.2 Å². The molecule has 0 fully saturated rings. The van der Waals surface area contributed by atoms with Crippen molar-refractivity contribution in [1.29, 1.82) is 0 Å². The Morgan fingerprint density at radius 2 is 1.84 bits per heavy atom. The van der Waals surface area contributed by atoms with Crippen LogP contribution in [0.2, 0.25) is 0 Å². The molecule has 19 heavy (non-hydrogen) atoms. The van der Waals surface area contributed by atoms with Gasteiger partial charge in [-0.1, -0.05) is 24.3 Å². The highest BCUT2D eigenvalue weighted by molar-refractivity contribution is 5.81. The minimum absolute atomic E-state index is 0.240. The quantitative estimate of drug-likeness (QED) is 0.770. The number of nitrogens with zero attached hydrogens (tertiary/aromatic N) is 1. The number of ether oxygens (including phenoxy) is 1. The molecule has 0 amide bonds. The average molecular weight is 257 g/mol. The van der Waals surface area contributed by atoms with Gasteiger partial charge in [0.1, 0.15) is 5.60 Å². The van der Waals surface area contributed by atoms with E-state index in [2.05, 4.69) is 4.98 Å². The van der Waals surface area contributed by atoms with Crippen LogP contribution >= 0.6 is 0 Å². The van der Waals surface area contributed by atoms with E-state index in [1.54, 1.807) is 0 Å². The highest BCUT2D eigenvalue weighted by Crippen LogP contribution is 2.21. The van der Waals surface area contributed by atoms with Crippen LogP contribution in [-0.4, -0.2) is 16.6 Å². The van der Waals surface area contributed by atoms with Crippen molar-refractivity contribution < 1.29 is 9.53 Å². The highest BCUT2D eigenvalue weighted by atomic mass is 16.6. The van der Waals surface area contributed by atoms with Crippen molar-refractivity contribution in [2.24, 2.45) is 0 Å². The number of benzene rings is 1. The number of fused-ring (bicyclic) bond motifs is 1. The van der Waals surface area contributed by atoms with Crippen molar-refractivity contribution in [3.8, 4) is 0 Å². The molecule has 1 heterocycles. The van der Waals surface area contributed by atoms with Gasteiger partial charge in [0.25, 0.3) is 0 Å². The zero-order chi connectivity index (χ0) is 14.0. The maximum absolute atomic E-state index is 12.0. The molecule has 0 radical (unpaired) electrons. The Morgan fingerprint density at radius 1 is 1.16 bits per heavy atom. The third-order valence-electron chi connectivity index (χ3n) is 2.82. The zero-order valence-corrected chi connectivity index (χ0v) is 11.8. The molecule has 0 saturated heterocycles. The fourth-order valence-corrected chi connectivity index (χ4v) is 1.83. The lowest BCUT2D eigenvalue weighted by atomic mass is 10.1. The lowest BCUT2D eigenvalue weighted by molar-refractivity contribution is -0.156. The second kappa shape index (κ2) is 5.00. The van der Waals surface area contributed by atoms with Crippen LogP contribution in [-0.2, 0) is 9.53 Å². The number of para-hydroxylation sites is 1. The van der Waals surface area contributed by atoms with E-state index in [-0.39, 0.29) is 11.9 Å². The first kappa shape index (κ1) is 13.5. The molecule has 0 spiro atoms. The van der Waals surface area contributed by atoms with Crippen LogP contribution in [0.4, 0.5) is 0 Å². The molecule has 0 bridgehead atoms. The first-order valence-corrected chi connectivity index (χ1v) is 6.45. The molecule has 0 aliphatic carbocycles. The minimum atomic E-state index is -0.470. The van der Waals surface area contributed by atoms with Crippen molar-refractivity contribution >= 4 is 16.9 Å². The fraction of sp³-hybridized carbons (Fsp3) is 0.375. The largest absolute Gasteiger partial charge is 0.459 e. The molecule has 100 valence electrons. The molecule has 0 N–H and O–H groups in total. The molecule has 0 aliphatic rings. The van der Waals surface area contributed by atoms with E-state index in [0.717, 1.165) is 16.6 Å². The standard InChI is InChI=1S/C16H19NO2/c1-11(15(18)19-16(2,3)4)13-10-9-12-7-5-6-8-14(12)17-13/h5-11H,1-4H3. The molecular formula is C16H19NO2. The first-order chi connectivity index (χ1) is 8.87. The van der Waals surface area contributed by atoms with E-state index < -0.39 is 5.60 Å². The summed E-state index contributed by atoms with van der Waals surface area (Å²) in [5.74, 6) is -0.598. The molecule has 2 aromatic rings. The van der Waals surface area contributed by atoms with Gasteiger partial charge in [0.15, 0.2) is 0 Å². The molecule has 1 aromatic heterocycles. The van der Waals surface area contributed by atoms with E-state index in [0.29, 0.717) is 0 Å². The van der Waals surface area contributed by atoms with Gasteiger partial charge in [-0.2, -0.15) is 0 Å². The normalized spacial score (nSPS) is 13.3. The molecule has 1 unspecified atom stereocenters. The van der Waals surface area contributed by atoms with Crippen molar-refractivity contribution in [3.63, 3.8) is 0 Å². The minimum Gasteiger partial charge on any atom is -0.459 e. The van der Waals surface area contributed by atoms with Crippen LogP contribution < -0.4 is 0 Å². The van der Waals surface area contributed by atoms with Crippen LogP contribution in [0.3, 0.4) is 0 Å². The molecule has 0 aliphatic heterocycles. The Balaban J connectivity index is 2.26. The summed E-state index contributed by atoms with van der Waals surface area (Å²) in [4.78, 5) is 16.6. The van der Waals surface area contributed by atoms with Crippen LogP contribution in [0.15, 0.2) is 36.4 Å². The van der Waals surface area contributed by atoms with Gasteiger partial charge in [0.2, 0.25) is 0 Å². The summed E-state index contributed by atoms with van der Waals surface area (Å²) in [6.07, 6.45) is 0. The fourth-order valence-electron chi connectivity index (χ4n) is 1.83. The maximum atomic E-state index is 12.0. The Morgan fingerprint density at radius 3 is 2.53 bits per heavy atom. The second-order valence-corrected chi connectivity index (χ2v) is 5.68. The van der Waals surface area contributed by atoms with Gasteiger partial charge in [-0.05, 0) is 39.8 Å². The summed E-state index contributed by atoms with van der Waals surface area (Å²) in [7, 11) is 0. The lowest BCUT2D eigenvalue weighted by Gasteiger charge is -2.22. The maximum Gasteiger partial charge on any atom is 0.315 e. The van der Waals surface area contributed by atoms with Gasteiger partial charge in [-0.25, -0.2) is 0 Å². The number of rotatable bonds is 2. The number of aromatic nitrogens is 1. The summed E-state index contributed by atoms with van der Waals surface area (Å²) in [5.41, 5.74) is 1.17. The predicted octanol–water partition coefficient (Wildman–Crippen LogP) is 3.68. The van der Waals surface area contributed by atoms with E-state index >= 15 is 0 Å². The summed E-state index contributed by atoms with van der Waals surface area (Å²) < 4.78 is 5.39. The third kappa shape index (κ3) is 3.31. The van der Waals surface area contributed by atoms with E-state index in [9.17, 15) is 4.79 Å². The third-order valence-corrected chi connectivity index (χ3v) is 2.82. The van der Waals surface area contributed by atoms with Crippen molar-refractivity contribution in [2.75, 3.05) is 0 Å². The number of hydrogen-bond acceptors (Lipinski definition) is 3. The Kier molecular flexibility index (Phi) is 3.56. The molecule has 3 nitrogen and oxygen atoms in total. The number of pyridine rings is 1. The molecule has 2 rings (SSSR count). The number of hydrogen-bond donors (Lipinski definition) is 0. The van der Waals surface area contributed by atoms with E-state index in [4.69, 9.17) is 4.74 Å². The van der Waals surface area contributed by atoms with Gasteiger partial charge in [-0.15, -0.1) is 0 Å². The van der Waals surface area contributed by atoms with Crippen LogP contribution in [0.1, 0.15) is 39.3 Å². The van der Waals surface area contributed by atoms with Crippen molar-refractivity contribution in [1.82, 2.24) is 4.98 Å². The van der Waals surface area contributed by atoms with Crippen LogP contribution in [0, 0.1) is 0 Å². The smallest absolute Gasteiger partial charge is 0.315 e. The average Bonchev–Trinajstić information content (AvgIpc) is 2.35. The van der Waals surface area contributed by atoms with Crippen molar-refractivity contribution in [3.05, 3.63) is 42.1 Å². The van der Waals surface area contributed by atoms with Gasteiger partial charge in [0.05, 0.1) is 17.1 Å². The van der Waals surface area contributed by atoms with Gasteiger partial charge < -0.3 is 4.74 Å². The predicted molar refractivity (Wildman–Crippen MR) is 76.0 cm³/mol. The summed E-state index contributed by atoms with van der Waals surface area (Å²) >= 11 is 0. The summed E-state index contributed by atoms with van der Waals surface area (Å²) in [6.45, 7) is 7.42. The first-order valence-electron chi connectivity index (χ1n) is 6.45. The van der Waals surface area contributed by atoms with Gasteiger partial charge in [0, 0.05) is 5.39 Å². The number of esters is 1. The van der Waals surface area contributed by atoms with Crippen LogP contribution in [0.25, 0.3) is 10.9 Å².